The van der Waals surface area contributed by atoms with Crippen LogP contribution in [-0.4, -0.2) is 41.6 Å². The number of hydrogen-bond donors (Lipinski definition) is 1. The predicted octanol–water partition coefficient (Wildman–Crippen LogP) is 0.866. The average molecular weight is 296 g/mol. The number of hydrogen-bond acceptors (Lipinski definition) is 5. The van der Waals surface area contributed by atoms with Crippen LogP contribution in [0.25, 0.3) is 11.0 Å². The van der Waals surface area contributed by atoms with Gasteiger partial charge >= 0.3 is 10.2 Å². The predicted molar refractivity (Wildman–Crippen MR) is 76.8 cm³/mol. The summed E-state index contributed by atoms with van der Waals surface area (Å²) in [6.45, 7) is 1.74. The zero-order chi connectivity index (χ0) is 15.1. The Labute approximate surface area is 117 Å². The fourth-order valence-corrected chi connectivity index (χ4v) is 2.85. The van der Waals surface area contributed by atoms with Gasteiger partial charge in [0.05, 0.1) is 11.0 Å². The Bertz CT molecular complexity index is 777. The van der Waals surface area contributed by atoms with Gasteiger partial charge in [0.2, 0.25) is 5.95 Å². The molecule has 0 saturated carbocycles. The summed E-state index contributed by atoms with van der Waals surface area (Å²) in [7, 11) is -0.980. The highest BCUT2D eigenvalue weighted by Gasteiger charge is 2.23. The first-order valence-corrected chi connectivity index (χ1v) is 7.43. The van der Waals surface area contributed by atoms with Crippen molar-refractivity contribution in [3.05, 3.63) is 23.8 Å². The SMILES string of the molecule is CCC(=O)c1ccc2nc(N)n(S(=O)(=O)N(C)C)c2c1. The number of rotatable bonds is 4. The van der Waals surface area contributed by atoms with Gasteiger partial charge in [-0.3, -0.25) is 4.79 Å². The van der Waals surface area contributed by atoms with Crippen LogP contribution in [0.3, 0.4) is 0 Å². The molecule has 0 aliphatic rings. The Kier molecular flexibility index (Phi) is 3.53. The van der Waals surface area contributed by atoms with Gasteiger partial charge < -0.3 is 5.73 Å². The van der Waals surface area contributed by atoms with Gasteiger partial charge in [-0.05, 0) is 18.2 Å². The largest absolute Gasteiger partial charge is 0.368 e. The summed E-state index contributed by atoms with van der Waals surface area (Å²) < 4.78 is 26.5. The smallest absolute Gasteiger partial charge is 0.310 e. The molecule has 1 aromatic heterocycles. The van der Waals surface area contributed by atoms with E-state index in [1.807, 2.05) is 0 Å². The third-order valence-corrected chi connectivity index (χ3v) is 4.74. The van der Waals surface area contributed by atoms with Gasteiger partial charge in [0.25, 0.3) is 0 Å². The number of carbonyl (C=O) groups excluding carboxylic acids is 1. The summed E-state index contributed by atoms with van der Waals surface area (Å²) in [5.41, 5.74) is 6.87. The van der Waals surface area contributed by atoms with Gasteiger partial charge in [-0.1, -0.05) is 6.92 Å². The molecule has 0 aliphatic carbocycles. The van der Waals surface area contributed by atoms with Crippen LogP contribution in [0, 0.1) is 0 Å². The van der Waals surface area contributed by atoms with Crippen molar-refractivity contribution < 1.29 is 13.2 Å². The zero-order valence-corrected chi connectivity index (χ0v) is 12.3. The number of nitrogen functional groups attached to an aromatic ring is 1. The molecule has 0 bridgehead atoms. The topological polar surface area (TPSA) is 98.3 Å². The van der Waals surface area contributed by atoms with Crippen LogP contribution in [0.4, 0.5) is 5.95 Å². The third kappa shape index (κ3) is 2.16. The first kappa shape index (κ1) is 14.5. The highest BCUT2D eigenvalue weighted by molar-refractivity contribution is 7.87. The molecule has 2 rings (SSSR count). The molecule has 0 saturated heterocycles. The summed E-state index contributed by atoms with van der Waals surface area (Å²) >= 11 is 0. The molecule has 0 fully saturated rings. The van der Waals surface area contributed by atoms with Crippen LogP contribution in [-0.2, 0) is 10.2 Å². The monoisotopic (exact) mass is 296 g/mol. The quantitative estimate of drug-likeness (QED) is 0.844. The maximum Gasteiger partial charge on any atom is 0.310 e. The van der Waals surface area contributed by atoms with Gasteiger partial charge in [0, 0.05) is 26.1 Å². The Morgan fingerprint density at radius 1 is 1.40 bits per heavy atom. The Morgan fingerprint density at radius 2 is 2.05 bits per heavy atom. The van der Waals surface area contributed by atoms with E-state index in [9.17, 15) is 13.2 Å². The lowest BCUT2D eigenvalue weighted by molar-refractivity contribution is 0.0988. The number of fused-ring (bicyclic) bond motifs is 1. The standard InChI is InChI=1S/C12H16N4O3S/c1-4-11(17)8-5-6-9-10(7-8)16(12(13)14-9)20(18,19)15(2)3/h5-7H,4H2,1-3H3,(H2,13,14). The molecule has 2 N–H and O–H groups in total. The first-order chi connectivity index (χ1) is 9.28. The molecule has 1 aromatic carbocycles. The van der Waals surface area contributed by atoms with E-state index in [1.54, 1.807) is 19.1 Å². The molecule has 2 aromatic rings. The lowest BCUT2D eigenvalue weighted by Gasteiger charge is -2.13. The minimum Gasteiger partial charge on any atom is -0.368 e. The summed E-state index contributed by atoms with van der Waals surface area (Å²) in [4.78, 5) is 15.7. The second kappa shape index (κ2) is 4.88. The van der Waals surface area contributed by atoms with E-state index < -0.39 is 10.2 Å². The molecule has 0 radical (unpaired) electrons. The second-order valence-electron chi connectivity index (χ2n) is 4.50. The molecule has 0 spiro atoms. The van der Waals surface area contributed by atoms with Crippen LogP contribution in [0.5, 0.6) is 0 Å². The van der Waals surface area contributed by atoms with Crippen molar-refractivity contribution in [2.24, 2.45) is 0 Å². The molecular formula is C12H16N4O3S. The van der Waals surface area contributed by atoms with Crippen LogP contribution < -0.4 is 5.73 Å². The number of ketones is 1. The van der Waals surface area contributed by atoms with Crippen LogP contribution >= 0.6 is 0 Å². The molecule has 0 unspecified atom stereocenters. The number of Topliss-reactive ketones (excluding diaryl/α,β-unsaturated/α-hetero) is 1. The molecule has 20 heavy (non-hydrogen) atoms. The van der Waals surface area contributed by atoms with Crippen LogP contribution in [0.1, 0.15) is 23.7 Å². The normalized spacial score (nSPS) is 12.2. The second-order valence-corrected chi connectivity index (χ2v) is 6.50. The number of carbonyl (C=O) groups is 1. The number of nitrogens with zero attached hydrogens (tertiary/aromatic N) is 3. The molecule has 1 heterocycles. The molecule has 0 atom stereocenters. The van der Waals surface area contributed by atoms with E-state index in [1.165, 1.54) is 20.2 Å². The summed E-state index contributed by atoms with van der Waals surface area (Å²) in [5.74, 6) is -0.199. The van der Waals surface area contributed by atoms with Crippen LogP contribution in [0.2, 0.25) is 0 Å². The average Bonchev–Trinajstić information content (AvgIpc) is 2.72. The highest BCUT2D eigenvalue weighted by Crippen LogP contribution is 2.23. The lowest BCUT2D eigenvalue weighted by atomic mass is 10.1. The van der Waals surface area contributed by atoms with Crippen molar-refractivity contribution >= 4 is 33.0 Å². The molecule has 8 heteroatoms. The highest BCUT2D eigenvalue weighted by atomic mass is 32.2. The van der Waals surface area contributed by atoms with E-state index in [4.69, 9.17) is 5.73 Å². The van der Waals surface area contributed by atoms with Gasteiger partial charge in [-0.2, -0.15) is 16.7 Å². The number of imidazole rings is 1. The fourth-order valence-electron chi connectivity index (χ4n) is 1.86. The van der Waals surface area contributed by atoms with E-state index in [-0.39, 0.29) is 11.7 Å². The zero-order valence-electron chi connectivity index (χ0n) is 11.5. The third-order valence-electron chi connectivity index (χ3n) is 2.97. The van der Waals surface area contributed by atoms with Crippen molar-refractivity contribution in [3.8, 4) is 0 Å². The lowest BCUT2D eigenvalue weighted by Crippen LogP contribution is -2.29. The van der Waals surface area contributed by atoms with Gasteiger partial charge in [-0.25, -0.2) is 4.98 Å². The minimum atomic E-state index is -3.79. The number of aromatic nitrogens is 2. The molecular weight excluding hydrogens is 280 g/mol. The van der Waals surface area contributed by atoms with Gasteiger partial charge in [0.15, 0.2) is 5.78 Å². The van der Waals surface area contributed by atoms with Crippen molar-refractivity contribution in [3.63, 3.8) is 0 Å². The Balaban J connectivity index is 2.78. The molecule has 0 aliphatic heterocycles. The summed E-state index contributed by atoms with van der Waals surface area (Å²) in [6, 6.07) is 4.72. The van der Waals surface area contributed by atoms with Crippen molar-refractivity contribution in [1.29, 1.82) is 0 Å². The van der Waals surface area contributed by atoms with Gasteiger partial charge in [0.1, 0.15) is 0 Å². The van der Waals surface area contributed by atoms with E-state index >= 15 is 0 Å². The fraction of sp³-hybridized carbons (Fsp3) is 0.333. The Hall–Kier alpha value is -1.93. The summed E-state index contributed by atoms with van der Waals surface area (Å²) in [5, 5.41) is 0. The maximum atomic E-state index is 12.3. The first-order valence-electron chi connectivity index (χ1n) is 6.03. The Morgan fingerprint density at radius 3 is 2.60 bits per heavy atom. The van der Waals surface area contributed by atoms with E-state index in [0.29, 0.717) is 23.0 Å². The number of benzene rings is 1. The van der Waals surface area contributed by atoms with Crippen LogP contribution in [0.15, 0.2) is 18.2 Å². The summed E-state index contributed by atoms with van der Waals surface area (Å²) in [6.07, 6.45) is 0.343. The number of nitrogens with two attached hydrogens (primary N) is 1. The van der Waals surface area contributed by atoms with E-state index in [2.05, 4.69) is 4.98 Å². The molecule has 0 amide bonds. The minimum absolute atomic E-state index is 0.0690. The number of anilines is 1. The molecule has 108 valence electrons. The molecule has 7 nitrogen and oxygen atoms in total. The van der Waals surface area contributed by atoms with Crippen molar-refractivity contribution in [2.75, 3.05) is 19.8 Å². The van der Waals surface area contributed by atoms with Crippen molar-refractivity contribution in [2.45, 2.75) is 13.3 Å². The maximum absolute atomic E-state index is 12.3. The van der Waals surface area contributed by atoms with Crippen molar-refractivity contribution in [1.82, 2.24) is 13.3 Å². The van der Waals surface area contributed by atoms with Gasteiger partial charge in [-0.15, -0.1) is 0 Å². The van der Waals surface area contributed by atoms with E-state index in [0.717, 1.165) is 8.28 Å².